The molecule has 0 aliphatic heterocycles. The Bertz CT molecular complexity index is 1280. The minimum atomic E-state index is -0.996. The van der Waals surface area contributed by atoms with Crippen LogP contribution in [0.25, 0.3) is 11.6 Å². The van der Waals surface area contributed by atoms with Crippen molar-refractivity contribution in [3.05, 3.63) is 96.6 Å². The zero-order chi connectivity index (χ0) is 24.0. The topological polar surface area (TPSA) is 123 Å². The van der Waals surface area contributed by atoms with Crippen molar-refractivity contribution in [2.75, 3.05) is 7.11 Å². The van der Waals surface area contributed by atoms with E-state index in [-0.39, 0.29) is 23.4 Å². The van der Waals surface area contributed by atoms with E-state index in [0.29, 0.717) is 22.6 Å². The molecule has 166 valence electrons. The average molecular weight is 556 g/mol. The van der Waals surface area contributed by atoms with Crippen molar-refractivity contribution in [2.45, 2.75) is 6.61 Å². The van der Waals surface area contributed by atoms with Gasteiger partial charge in [-0.15, -0.1) is 0 Å². The Hall–Kier alpha value is -3.91. The van der Waals surface area contributed by atoms with Gasteiger partial charge in [-0.05, 0) is 69.6 Å². The van der Waals surface area contributed by atoms with Crippen molar-refractivity contribution < 1.29 is 24.3 Å². The Labute approximate surface area is 203 Å². The second-order valence-electron chi connectivity index (χ2n) is 6.80. The predicted octanol–water partition coefficient (Wildman–Crippen LogP) is 5.55. The highest BCUT2D eigenvalue weighted by atomic mass is 127. The maximum atomic E-state index is 11.0. The summed E-state index contributed by atoms with van der Waals surface area (Å²) in [4.78, 5) is 21.5. The number of non-ortho nitro benzene ring substituents is 1. The van der Waals surface area contributed by atoms with Crippen molar-refractivity contribution in [3.8, 4) is 17.6 Å². The van der Waals surface area contributed by atoms with Gasteiger partial charge in [0.05, 0.1) is 32.8 Å². The number of aromatic carboxylic acids is 1. The van der Waals surface area contributed by atoms with E-state index < -0.39 is 10.9 Å². The first-order valence-electron chi connectivity index (χ1n) is 9.51. The van der Waals surface area contributed by atoms with E-state index in [9.17, 15) is 20.2 Å². The average Bonchev–Trinajstić information content (AvgIpc) is 2.81. The van der Waals surface area contributed by atoms with Gasteiger partial charge >= 0.3 is 5.97 Å². The normalized spacial score (nSPS) is 10.9. The Morgan fingerprint density at radius 3 is 2.52 bits per heavy atom. The minimum absolute atomic E-state index is 0.0963. The minimum Gasteiger partial charge on any atom is -0.493 e. The largest absolute Gasteiger partial charge is 0.493 e. The number of nitrogens with zero attached hydrogens (tertiary/aromatic N) is 2. The number of methoxy groups -OCH3 is 1. The molecule has 0 aliphatic rings. The number of benzene rings is 3. The molecule has 0 saturated heterocycles. The molecule has 0 spiro atoms. The first-order valence-corrected chi connectivity index (χ1v) is 10.6. The second-order valence-corrected chi connectivity index (χ2v) is 7.96. The van der Waals surface area contributed by atoms with Crippen LogP contribution in [0.4, 0.5) is 5.69 Å². The SMILES string of the molecule is COc1cc(/C=C(/C#N)c2cccc([N+](=O)[O-])c2)cc(I)c1OCc1ccc(C(=O)O)cc1. The summed E-state index contributed by atoms with van der Waals surface area (Å²) >= 11 is 2.09. The third-order valence-corrected chi connectivity index (χ3v) is 5.44. The highest BCUT2D eigenvalue weighted by molar-refractivity contribution is 14.1. The number of carboxylic acid groups (broad SMARTS) is 1. The summed E-state index contributed by atoms with van der Waals surface area (Å²) in [5.74, 6) is -0.0396. The van der Waals surface area contributed by atoms with Crippen LogP contribution in [0, 0.1) is 25.0 Å². The number of hydrogen-bond acceptors (Lipinski definition) is 6. The van der Waals surface area contributed by atoms with E-state index in [1.807, 2.05) is 0 Å². The van der Waals surface area contributed by atoms with Gasteiger partial charge < -0.3 is 14.6 Å². The van der Waals surface area contributed by atoms with Gasteiger partial charge in [-0.3, -0.25) is 10.1 Å². The van der Waals surface area contributed by atoms with Crippen LogP contribution in [0.2, 0.25) is 0 Å². The summed E-state index contributed by atoms with van der Waals surface area (Å²) in [6.07, 6.45) is 1.62. The summed E-state index contributed by atoms with van der Waals surface area (Å²) in [6.45, 7) is 0.207. The molecule has 3 rings (SSSR count). The van der Waals surface area contributed by atoms with E-state index in [0.717, 1.165) is 9.13 Å². The van der Waals surface area contributed by atoms with Gasteiger partial charge in [-0.2, -0.15) is 5.26 Å². The molecular formula is C24H17IN2O6. The molecule has 0 radical (unpaired) electrons. The third-order valence-electron chi connectivity index (χ3n) is 4.64. The van der Waals surface area contributed by atoms with Gasteiger partial charge in [0.15, 0.2) is 11.5 Å². The molecule has 1 N–H and O–H groups in total. The number of nitro groups is 1. The van der Waals surface area contributed by atoms with Gasteiger partial charge in [0.2, 0.25) is 0 Å². The van der Waals surface area contributed by atoms with Crippen LogP contribution in [-0.4, -0.2) is 23.1 Å². The van der Waals surface area contributed by atoms with E-state index in [2.05, 4.69) is 28.7 Å². The standard InChI is InChI=1S/C24H17IN2O6/c1-32-22-11-16(9-19(13-26)18-3-2-4-20(12-18)27(30)31)10-21(25)23(22)33-14-15-5-7-17(8-6-15)24(28)29/h2-12H,14H2,1H3,(H,28,29)/b19-9-. The monoisotopic (exact) mass is 556 g/mol. The molecule has 0 bridgehead atoms. The van der Waals surface area contributed by atoms with E-state index >= 15 is 0 Å². The molecule has 0 unspecified atom stereocenters. The van der Waals surface area contributed by atoms with Crippen LogP contribution < -0.4 is 9.47 Å². The molecular weight excluding hydrogens is 539 g/mol. The molecule has 0 amide bonds. The van der Waals surface area contributed by atoms with Crippen molar-refractivity contribution in [2.24, 2.45) is 0 Å². The Kier molecular flexibility index (Phi) is 7.63. The maximum Gasteiger partial charge on any atom is 0.335 e. The Balaban J connectivity index is 1.87. The molecule has 0 aromatic heterocycles. The lowest BCUT2D eigenvalue weighted by Crippen LogP contribution is -2.01. The molecule has 8 nitrogen and oxygen atoms in total. The molecule has 0 fully saturated rings. The van der Waals surface area contributed by atoms with Gasteiger partial charge in [0.25, 0.3) is 5.69 Å². The summed E-state index contributed by atoms with van der Waals surface area (Å²) in [6, 6.07) is 17.9. The van der Waals surface area contributed by atoms with E-state index in [1.54, 1.807) is 36.4 Å². The third kappa shape index (κ3) is 5.87. The quantitative estimate of drug-likeness (QED) is 0.127. The van der Waals surface area contributed by atoms with Crippen molar-refractivity contribution in [3.63, 3.8) is 0 Å². The van der Waals surface area contributed by atoms with Gasteiger partial charge in [0, 0.05) is 12.1 Å². The summed E-state index contributed by atoms with van der Waals surface area (Å²) in [5, 5.41) is 29.6. The molecule has 0 aliphatic carbocycles. The van der Waals surface area contributed by atoms with Crippen LogP contribution in [-0.2, 0) is 6.61 Å². The second kappa shape index (κ2) is 10.6. The van der Waals surface area contributed by atoms with Crippen molar-refractivity contribution >= 4 is 45.9 Å². The summed E-state index contributed by atoms with van der Waals surface area (Å²) < 4.78 is 12.1. The van der Waals surface area contributed by atoms with Crippen LogP contribution in [0.1, 0.15) is 27.0 Å². The summed E-state index contributed by atoms with van der Waals surface area (Å²) in [7, 11) is 1.50. The maximum absolute atomic E-state index is 11.0. The number of carboxylic acids is 1. The fourth-order valence-electron chi connectivity index (χ4n) is 3.00. The highest BCUT2D eigenvalue weighted by Crippen LogP contribution is 2.36. The van der Waals surface area contributed by atoms with Crippen LogP contribution in [0.5, 0.6) is 11.5 Å². The highest BCUT2D eigenvalue weighted by Gasteiger charge is 2.14. The Morgan fingerprint density at radius 1 is 1.18 bits per heavy atom. The number of halogens is 1. The molecule has 3 aromatic carbocycles. The zero-order valence-corrected chi connectivity index (χ0v) is 19.5. The molecule has 33 heavy (non-hydrogen) atoms. The fourth-order valence-corrected chi connectivity index (χ4v) is 3.78. The van der Waals surface area contributed by atoms with Crippen LogP contribution >= 0.6 is 22.6 Å². The van der Waals surface area contributed by atoms with Crippen LogP contribution in [0.3, 0.4) is 0 Å². The lowest BCUT2D eigenvalue weighted by atomic mass is 10.0. The molecule has 0 atom stereocenters. The number of carbonyl (C=O) groups is 1. The van der Waals surface area contributed by atoms with Crippen LogP contribution in [0.15, 0.2) is 60.7 Å². The van der Waals surface area contributed by atoms with E-state index in [1.165, 1.54) is 37.4 Å². The Morgan fingerprint density at radius 2 is 1.91 bits per heavy atom. The summed E-state index contributed by atoms with van der Waals surface area (Å²) in [5.41, 5.74) is 2.26. The van der Waals surface area contributed by atoms with Crippen molar-refractivity contribution in [1.82, 2.24) is 0 Å². The smallest absolute Gasteiger partial charge is 0.335 e. The van der Waals surface area contributed by atoms with E-state index in [4.69, 9.17) is 14.6 Å². The molecule has 0 heterocycles. The first kappa shape index (κ1) is 23.7. The number of allylic oxidation sites excluding steroid dienone is 1. The van der Waals surface area contributed by atoms with Gasteiger partial charge in [-0.1, -0.05) is 24.3 Å². The molecule has 9 heteroatoms. The zero-order valence-electron chi connectivity index (χ0n) is 17.3. The van der Waals surface area contributed by atoms with Gasteiger partial charge in [0.1, 0.15) is 6.61 Å². The number of hydrogen-bond donors (Lipinski definition) is 1. The fraction of sp³-hybridized carbons (Fsp3) is 0.0833. The van der Waals surface area contributed by atoms with Gasteiger partial charge in [-0.25, -0.2) is 4.79 Å². The predicted molar refractivity (Wildman–Crippen MR) is 130 cm³/mol. The number of nitro benzene ring substituents is 1. The van der Waals surface area contributed by atoms with Crippen molar-refractivity contribution in [1.29, 1.82) is 5.26 Å². The lowest BCUT2D eigenvalue weighted by Gasteiger charge is -2.14. The first-order chi connectivity index (χ1) is 15.8. The number of ether oxygens (including phenoxy) is 2. The number of rotatable bonds is 8. The molecule has 3 aromatic rings. The lowest BCUT2D eigenvalue weighted by molar-refractivity contribution is -0.384. The molecule has 0 saturated carbocycles. The number of nitriles is 1.